The van der Waals surface area contributed by atoms with E-state index in [-0.39, 0.29) is 10.7 Å². The van der Waals surface area contributed by atoms with Crippen LogP contribution in [0.3, 0.4) is 0 Å². The molecule has 0 aliphatic carbocycles. The molecule has 10 heteroatoms. The first kappa shape index (κ1) is 16.1. The first-order valence-corrected chi connectivity index (χ1v) is 8.82. The zero-order valence-electron chi connectivity index (χ0n) is 11.6. The van der Waals surface area contributed by atoms with Crippen LogP contribution in [0.4, 0.5) is 5.69 Å². The van der Waals surface area contributed by atoms with Crippen LogP contribution < -0.4 is 0 Å². The fourth-order valence-electron chi connectivity index (χ4n) is 2.16. The Bertz CT molecular complexity index is 808. The molecule has 3 aromatic rings. The van der Waals surface area contributed by atoms with E-state index in [1.807, 2.05) is 11.4 Å². The SMILES string of the molecule is O=S([O-])[N-]c1cc(-c2nn[nH]n2)c(CCc2cccs2)cc1Cl. The maximum Gasteiger partial charge on any atom is 0.204 e. The lowest BCUT2D eigenvalue weighted by Crippen LogP contribution is -1.96. The molecule has 1 aromatic carbocycles. The second-order valence-electron chi connectivity index (χ2n) is 4.58. The van der Waals surface area contributed by atoms with Gasteiger partial charge >= 0.3 is 0 Å². The van der Waals surface area contributed by atoms with Crippen LogP contribution in [0.1, 0.15) is 10.4 Å². The maximum absolute atomic E-state index is 10.8. The molecule has 23 heavy (non-hydrogen) atoms. The second kappa shape index (κ2) is 7.18. The highest BCUT2D eigenvalue weighted by Gasteiger charge is 2.11. The Morgan fingerprint density at radius 1 is 1.39 bits per heavy atom. The smallest absolute Gasteiger partial charge is 0.204 e. The average Bonchev–Trinajstić information content (AvgIpc) is 3.20. The summed E-state index contributed by atoms with van der Waals surface area (Å²) in [7, 11) is 0. The van der Waals surface area contributed by atoms with E-state index in [2.05, 4.69) is 31.4 Å². The van der Waals surface area contributed by atoms with Gasteiger partial charge in [0.25, 0.3) is 0 Å². The van der Waals surface area contributed by atoms with Crippen LogP contribution in [0.15, 0.2) is 29.6 Å². The van der Waals surface area contributed by atoms with Gasteiger partial charge in [-0.15, -0.1) is 38.5 Å². The van der Waals surface area contributed by atoms with Gasteiger partial charge in [0.2, 0.25) is 5.82 Å². The lowest BCUT2D eigenvalue weighted by Gasteiger charge is -2.27. The molecule has 0 aliphatic heterocycles. The van der Waals surface area contributed by atoms with Gasteiger partial charge in [-0.2, -0.15) is 5.21 Å². The zero-order valence-corrected chi connectivity index (χ0v) is 14.0. The lowest BCUT2D eigenvalue weighted by atomic mass is 10.0. The first-order chi connectivity index (χ1) is 11.1. The van der Waals surface area contributed by atoms with Crippen molar-refractivity contribution in [3.8, 4) is 11.4 Å². The molecule has 1 N–H and O–H groups in total. The molecule has 0 amide bonds. The normalized spacial score (nSPS) is 12.3. The largest absolute Gasteiger partial charge is 0.786 e. The van der Waals surface area contributed by atoms with Crippen LogP contribution >= 0.6 is 22.9 Å². The topological polar surface area (TPSA) is 109 Å². The van der Waals surface area contributed by atoms with Crippen LogP contribution in [0, 0.1) is 0 Å². The summed E-state index contributed by atoms with van der Waals surface area (Å²) in [6.07, 6.45) is 1.55. The standard InChI is InChI=1S/C13H11ClN5O2S2/c14-11-6-8(3-4-9-2-1-5-22-9)10(13-15-18-19-16-13)7-12(11)17-23(20)21/h1-2,5-7H,3-4H2,(H,20,21)(H,15,16,18,19)/q-1/p-1. The minimum Gasteiger partial charge on any atom is -0.786 e. The van der Waals surface area contributed by atoms with Gasteiger partial charge in [0.05, 0.1) is 0 Å². The lowest BCUT2D eigenvalue weighted by molar-refractivity contribution is 0.545. The molecule has 0 aliphatic rings. The van der Waals surface area contributed by atoms with Crippen molar-refractivity contribution in [3.05, 3.63) is 49.8 Å². The number of benzene rings is 1. The number of halogens is 1. The molecule has 1 unspecified atom stereocenters. The molecule has 0 saturated carbocycles. The molecule has 0 saturated heterocycles. The molecule has 0 bridgehead atoms. The van der Waals surface area contributed by atoms with Gasteiger partial charge in [-0.1, -0.05) is 23.7 Å². The Balaban J connectivity index is 1.96. The van der Waals surface area contributed by atoms with Crippen molar-refractivity contribution in [2.75, 3.05) is 0 Å². The highest BCUT2D eigenvalue weighted by molar-refractivity contribution is 7.82. The number of thiophene rings is 1. The molecule has 0 radical (unpaired) electrons. The third-order valence-electron chi connectivity index (χ3n) is 3.15. The van der Waals surface area contributed by atoms with Crippen molar-refractivity contribution in [1.29, 1.82) is 0 Å². The van der Waals surface area contributed by atoms with E-state index >= 15 is 0 Å². The number of H-pyrrole nitrogens is 1. The van der Waals surface area contributed by atoms with Crippen LogP contribution in [0.25, 0.3) is 16.1 Å². The Labute approximate surface area is 143 Å². The van der Waals surface area contributed by atoms with Crippen molar-refractivity contribution in [2.45, 2.75) is 12.8 Å². The minimum atomic E-state index is -2.59. The molecule has 7 nitrogen and oxygen atoms in total. The number of aryl methyl sites for hydroxylation is 2. The van der Waals surface area contributed by atoms with E-state index in [9.17, 15) is 8.76 Å². The van der Waals surface area contributed by atoms with Gasteiger partial charge in [-0.05, 0) is 41.1 Å². The number of rotatable bonds is 6. The minimum absolute atomic E-state index is 0.152. The van der Waals surface area contributed by atoms with Gasteiger partial charge in [0, 0.05) is 15.5 Å². The Morgan fingerprint density at radius 3 is 2.91 bits per heavy atom. The predicted octanol–water partition coefficient (Wildman–Crippen LogP) is 3.17. The summed E-state index contributed by atoms with van der Waals surface area (Å²) in [5.41, 5.74) is 1.71. The number of hydrogen-bond acceptors (Lipinski definition) is 6. The highest BCUT2D eigenvalue weighted by atomic mass is 35.5. The summed E-state index contributed by atoms with van der Waals surface area (Å²) in [6, 6.07) is 7.32. The highest BCUT2D eigenvalue weighted by Crippen LogP contribution is 2.36. The summed E-state index contributed by atoms with van der Waals surface area (Å²) in [5.74, 6) is 0.371. The monoisotopic (exact) mass is 367 g/mol. The van der Waals surface area contributed by atoms with E-state index in [1.165, 1.54) is 4.88 Å². The number of nitrogens with zero attached hydrogens (tertiary/aromatic N) is 4. The second-order valence-corrected chi connectivity index (χ2v) is 6.64. The Morgan fingerprint density at radius 2 is 2.26 bits per heavy atom. The number of hydrogen-bond donors (Lipinski definition) is 1. The number of aromatic nitrogens is 4. The maximum atomic E-state index is 10.8. The van der Waals surface area contributed by atoms with Gasteiger partial charge in [0.15, 0.2) is 0 Å². The zero-order chi connectivity index (χ0) is 16.2. The van der Waals surface area contributed by atoms with Crippen molar-refractivity contribution in [1.82, 2.24) is 20.6 Å². The molecule has 0 spiro atoms. The quantitative estimate of drug-likeness (QED) is 0.673. The summed E-state index contributed by atoms with van der Waals surface area (Å²) in [5, 5.41) is 16.1. The third-order valence-corrected chi connectivity index (χ3v) is 4.74. The van der Waals surface area contributed by atoms with Gasteiger partial charge in [-0.3, -0.25) is 4.21 Å². The van der Waals surface area contributed by atoms with Gasteiger partial charge in [0.1, 0.15) is 0 Å². The van der Waals surface area contributed by atoms with Crippen molar-refractivity contribution < 1.29 is 8.76 Å². The fourth-order valence-corrected chi connectivity index (χ4v) is 3.46. The Kier molecular flexibility index (Phi) is 5.01. The van der Waals surface area contributed by atoms with E-state index in [0.29, 0.717) is 17.8 Å². The fraction of sp³-hybridized carbons (Fsp3) is 0.154. The van der Waals surface area contributed by atoms with E-state index in [1.54, 1.807) is 23.5 Å². The van der Waals surface area contributed by atoms with Crippen LogP contribution in [0.2, 0.25) is 5.02 Å². The molecular weight excluding hydrogens is 358 g/mol. The number of aromatic amines is 1. The molecule has 2 heterocycles. The number of nitrogens with one attached hydrogen (secondary N) is 1. The molecular formula is C13H10ClN5O2S2-2. The summed E-state index contributed by atoms with van der Waals surface area (Å²) in [4.78, 5) is 1.25. The molecule has 2 aromatic heterocycles. The van der Waals surface area contributed by atoms with Crippen molar-refractivity contribution in [3.63, 3.8) is 0 Å². The van der Waals surface area contributed by atoms with Gasteiger partial charge in [-0.25, -0.2) is 0 Å². The molecule has 0 fully saturated rings. The summed E-state index contributed by atoms with van der Waals surface area (Å²) >= 11 is 5.23. The van der Waals surface area contributed by atoms with Gasteiger partial charge < -0.3 is 9.27 Å². The summed E-state index contributed by atoms with van der Waals surface area (Å²) < 4.78 is 25.1. The van der Waals surface area contributed by atoms with Crippen molar-refractivity contribution >= 4 is 39.9 Å². The van der Waals surface area contributed by atoms with Crippen LogP contribution in [-0.4, -0.2) is 29.4 Å². The number of tetrazole rings is 1. The average molecular weight is 368 g/mol. The Hall–Kier alpha value is -1.81. The predicted molar refractivity (Wildman–Crippen MR) is 88.3 cm³/mol. The van der Waals surface area contributed by atoms with E-state index in [0.717, 1.165) is 12.0 Å². The summed E-state index contributed by atoms with van der Waals surface area (Å²) in [6.45, 7) is 0. The van der Waals surface area contributed by atoms with Crippen LogP contribution in [-0.2, 0) is 24.1 Å². The molecule has 3 rings (SSSR count). The van der Waals surface area contributed by atoms with E-state index in [4.69, 9.17) is 11.6 Å². The van der Waals surface area contributed by atoms with E-state index < -0.39 is 11.3 Å². The molecule has 120 valence electrons. The third kappa shape index (κ3) is 3.94. The van der Waals surface area contributed by atoms with Crippen LogP contribution in [0.5, 0.6) is 0 Å². The molecule has 1 atom stereocenters. The first-order valence-electron chi connectivity index (χ1n) is 6.53. The van der Waals surface area contributed by atoms with Crippen molar-refractivity contribution in [2.24, 2.45) is 0 Å².